The summed E-state index contributed by atoms with van der Waals surface area (Å²) in [4.78, 5) is 32.5. The molecule has 0 radical (unpaired) electrons. The lowest BCUT2D eigenvalue weighted by atomic mass is 10.1. The number of aromatic amines is 1. The highest BCUT2D eigenvalue weighted by molar-refractivity contribution is 6.06. The van der Waals surface area contributed by atoms with Gasteiger partial charge in [0.15, 0.2) is 0 Å². The third kappa shape index (κ3) is 2.73. The minimum absolute atomic E-state index is 0.137. The maximum absolute atomic E-state index is 12.8. The molecule has 0 spiro atoms. The van der Waals surface area contributed by atoms with Crippen molar-refractivity contribution in [3.8, 4) is 0 Å². The summed E-state index contributed by atoms with van der Waals surface area (Å²) in [7, 11) is 0. The second-order valence-electron chi connectivity index (χ2n) is 7.04. The molecular weight excluding hydrogens is 346 g/mol. The van der Waals surface area contributed by atoms with E-state index in [0.29, 0.717) is 24.4 Å². The molecule has 2 atom stereocenters. The first-order chi connectivity index (χ1) is 13.2. The SMILES string of the molecule is O=C(NC1COCC1n1nc2c(cc1=O)CCC2)c1c[nH]c2ncccc12. The summed E-state index contributed by atoms with van der Waals surface area (Å²) in [6, 6.07) is 4.70. The van der Waals surface area contributed by atoms with Gasteiger partial charge in [-0.25, -0.2) is 9.67 Å². The molecule has 1 fully saturated rings. The number of aromatic nitrogens is 4. The van der Waals surface area contributed by atoms with E-state index in [-0.39, 0.29) is 23.6 Å². The second-order valence-corrected chi connectivity index (χ2v) is 7.04. The largest absolute Gasteiger partial charge is 0.377 e. The van der Waals surface area contributed by atoms with E-state index in [1.165, 1.54) is 4.68 Å². The molecular formula is C19H19N5O3. The van der Waals surface area contributed by atoms with Gasteiger partial charge < -0.3 is 15.0 Å². The van der Waals surface area contributed by atoms with Crippen LogP contribution in [0.4, 0.5) is 0 Å². The standard InChI is InChI=1S/C19H19N5O3/c25-17-7-11-3-1-5-14(11)23-24(17)16-10-27-9-15(16)22-19(26)13-8-21-18-12(13)4-2-6-20-18/h2,4,6-8,15-16H,1,3,5,9-10H2,(H,20,21)(H,22,26). The lowest BCUT2D eigenvalue weighted by molar-refractivity contribution is 0.0926. The van der Waals surface area contributed by atoms with Gasteiger partial charge in [-0.05, 0) is 37.0 Å². The highest BCUT2D eigenvalue weighted by Gasteiger charge is 2.34. The molecule has 3 aromatic heterocycles. The summed E-state index contributed by atoms with van der Waals surface area (Å²) in [6.07, 6.45) is 6.16. The van der Waals surface area contributed by atoms with Gasteiger partial charge in [-0.1, -0.05) is 0 Å². The third-order valence-corrected chi connectivity index (χ3v) is 5.36. The Labute approximate surface area is 154 Å². The third-order valence-electron chi connectivity index (χ3n) is 5.36. The van der Waals surface area contributed by atoms with Crippen LogP contribution in [-0.4, -0.2) is 44.9 Å². The van der Waals surface area contributed by atoms with Gasteiger partial charge in [0, 0.05) is 23.8 Å². The summed E-state index contributed by atoms with van der Waals surface area (Å²) in [6.45, 7) is 0.703. The van der Waals surface area contributed by atoms with E-state index in [9.17, 15) is 9.59 Å². The Balaban J connectivity index is 1.42. The molecule has 2 N–H and O–H groups in total. The van der Waals surface area contributed by atoms with Gasteiger partial charge in [-0.15, -0.1) is 0 Å². The number of ether oxygens (including phenoxy) is 1. The highest BCUT2D eigenvalue weighted by atomic mass is 16.5. The van der Waals surface area contributed by atoms with Crippen LogP contribution in [-0.2, 0) is 17.6 Å². The molecule has 138 valence electrons. The van der Waals surface area contributed by atoms with Gasteiger partial charge >= 0.3 is 0 Å². The number of aryl methyl sites for hydroxylation is 2. The summed E-state index contributed by atoms with van der Waals surface area (Å²) in [5, 5.41) is 8.33. The van der Waals surface area contributed by atoms with Gasteiger partial charge in [0.1, 0.15) is 11.7 Å². The lowest BCUT2D eigenvalue weighted by Crippen LogP contribution is -2.44. The quantitative estimate of drug-likeness (QED) is 0.720. The van der Waals surface area contributed by atoms with Crippen LogP contribution < -0.4 is 10.9 Å². The molecule has 8 nitrogen and oxygen atoms in total. The molecule has 3 aromatic rings. The molecule has 1 aliphatic heterocycles. The summed E-state index contributed by atoms with van der Waals surface area (Å²) >= 11 is 0. The van der Waals surface area contributed by atoms with Crippen molar-refractivity contribution in [1.29, 1.82) is 0 Å². The number of fused-ring (bicyclic) bond motifs is 2. The van der Waals surface area contributed by atoms with E-state index in [2.05, 4.69) is 20.4 Å². The van der Waals surface area contributed by atoms with Crippen molar-refractivity contribution in [3.63, 3.8) is 0 Å². The number of H-pyrrole nitrogens is 1. The molecule has 8 heteroatoms. The fourth-order valence-corrected chi connectivity index (χ4v) is 3.96. The van der Waals surface area contributed by atoms with E-state index in [4.69, 9.17) is 4.74 Å². The van der Waals surface area contributed by atoms with E-state index < -0.39 is 0 Å². The van der Waals surface area contributed by atoms with Gasteiger partial charge in [0.25, 0.3) is 11.5 Å². The van der Waals surface area contributed by atoms with Crippen molar-refractivity contribution in [2.24, 2.45) is 0 Å². The van der Waals surface area contributed by atoms with Gasteiger partial charge in [-0.3, -0.25) is 9.59 Å². The van der Waals surface area contributed by atoms with Crippen molar-refractivity contribution >= 4 is 16.9 Å². The van der Waals surface area contributed by atoms with Crippen molar-refractivity contribution in [3.05, 3.63) is 57.8 Å². The average Bonchev–Trinajstić information content (AvgIpc) is 3.39. The van der Waals surface area contributed by atoms with E-state index in [1.807, 2.05) is 6.07 Å². The molecule has 4 heterocycles. The Morgan fingerprint density at radius 2 is 2.26 bits per heavy atom. The Morgan fingerprint density at radius 3 is 3.19 bits per heavy atom. The first-order valence-corrected chi connectivity index (χ1v) is 9.13. The smallest absolute Gasteiger partial charge is 0.267 e. The van der Waals surface area contributed by atoms with Crippen molar-refractivity contribution in [2.45, 2.75) is 31.3 Å². The Bertz CT molecular complexity index is 1090. The van der Waals surface area contributed by atoms with Gasteiger partial charge in [-0.2, -0.15) is 5.10 Å². The van der Waals surface area contributed by atoms with Crippen molar-refractivity contribution < 1.29 is 9.53 Å². The van der Waals surface area contributed by atoms with E-state index in [0.717, 1.165) is 35.9 Å². The van der Waals surface area contributed by atoms with Gasteiger partial charge in [0.2, 0.25) is 0 Å². The number of hydrogen-bond acceptors (Lipinski definition) is 5. The maximum Gasteiger partial charge on any atom is 0.267 e. The number of nitrogens with zero attached hydrogens (tertiary/aromatic N) is 3. The normalized spacial score (nSPS) is 21.5. The summed E-state index contributed by atoms with van der Waals surface area (Å²) in [5.41, 5.74) is 3.08. The maximum atomic E-state index is 12.8. The van der Waals surface area contributed by atoms with E-state index >= 15 is 0 Å². The predicted molar refractivity (Wildman–Crippen MR) is 97.7 cm³/mol. The monoisotopic (exact) mass is 365 g/mol. The number of carbonyl (C=O) groups excluding carboxylic acids is 1. The Kier molecular flexibility index (Phi) is 3.78. The molecule has 0 aromatic carbocycles. The van der Waals surface area contributed by atoms with Crippen LogP contribution in [0.2, 0.25) is 0 Å². The molecule has 1 saturated heterocycles. The van der Waals surface area contributed by atoms with Crippen LogP contribution in [0.3, 0.4) is 0 Å². The Morgan fingerprint density at radius 1 is 1.33 bits per heavy atom. The van der Waals surface area contributed by atoms with Gasteiger partial charge in [0.05, 0.1) is 30.5 Å². The molecule has 1 aliphatic carbocycles. The zero-order valence-electron chi connectivity index (χ0n) is 14.6. The minimum atomic E-state index is -0.316. The fraction of sp³-hybridized carbons (Fsp3) is 0.368. The molecule has 2 aliphatic rings. The van der Waals surface area contributed by atoms with Crippen LogP contribution in [0.15, 0.2) is 35.4 Å². The van der Waals surface area contributed by atoms with Crippen LogP contribution in [0.5, 0.6) is 0 Å². The van der Waals surface area contributed by atoms with Crippen molar-refractivity contribution in [2.75, 3.05) is 13.2 Å². The number of hydrogen-bond donors (Lipinski definition) is 2. The zero-order chi connectivity index (χ0) is 18.4. The highest BCUT2D eigenvalue weighted by Crippen LogP contribution is 2.22. The molecule has 5 rings (SSSR count). The fourth-order valence-electron chi connectivity index (χ4n) is 3.96. The molecule has 0 saturated carbocycles. The first-order valence-electron chi connectivity index (χ1n) is 9.13. The average molecular weight is 365 g/mol. The zero-order valence-corrected chi connectivity index (χ0v) is 14.6. The Hall–Kier alpha value is -3.00. The minimum Gasteiger partial charge on any atom is -0.377 e. The summed E-state index contributed by atoms with van der Waals surface area (Å²) < 4.78 is 7.05. The van der Waals surface area contributed by atoms with Crippen LogP contribution in [0, 0.1) is 0 Å². The molecule has 0 bridgehead atoms. The number of amides is 1. The predicted octanol–water partition coefficient (Wildman–Crippen LogP) is 0.978. The van der Waals surface area contributed by atoms with E-state index in [1.54, 1.807) is 24.5 Å². The topological polar surface area (TPSA) is 102 Å². The van der Waals surface area contributed by atoms with Crippen LogP contribution in [0.1, 0.15) is 34.1 Å². The van der Waals surface area contributed by atoms with Crippen molar-refractivity contribution in [1.82, 2.24) is 25.1 Å². The molecule has 1 amide bonds. The second kappa shape index (κ2) is 6.31. The summed E-state index contributed by atoms with van der Waals surface area (Å²) in [5.74, 6) is -0.219. The number of pyridine rings is 1. The number of nitrogens with one attached hydrogen (secondary N) is 2. The number of rotatable bonds is 3. The van der Waals surface area contributed by atoms with Crippen LogP contribution >= 0.6 is 0 Å². The molecule has 27 heavy (non-hydrogen) atoms. The van der Waals surface area contributed by atoms with Crippen LogP contribution in [0.25, 0.3) is 11.0 Å². The first kappa shape index (κ1) is 16.2. The number of carbonyl (C=O) groups is 1. The lowest BCUT2D eigenvalue weighted by Gasteiger charge is -2.20. The molecule has 2 unspecified atom stereocenters.